The summed E-state index contributed by atoms with van der Waals surface area (Å²) in [6.07, 6.45) is 6.59. The van der Waals surface area contributed by atoms with Crippen LogP contribution in [0.25, 0.3) is 0 Å². The molecule has 4 fully saturated rings. The predicted octanol–water partition coefficient (Wildman–Crippen LogP) is 4.69. The number of nitrogens with one attached hydrogen (secondary N) is 1. The van der Waals surface area contributed by atoms with E-state index in [0.29, 0.717) is 23.6 Å². The lowest BCUT2D eigenvalue weighted by atomic mass is 9.54. The van der Waals surface area contributed by atoms with Crippen molar-refractivity contribution < 1.29 is 9.32 Å². The molecule has 0 radical (unpaired) electrons. The summed E-state index contributed by atoms with van der Waals surface area (Å²) in [5, 5.41) is 7.39. The van der Waals surface area contributed by atoms with Gasteiger partial charge in [0.2, 0.25) is 5.76 Å². The standard InChI is InChI=1S/C21H24N2O2S/c1-12-20(26-17-5-3-2-4-6-17)19(25-23-12)21(24)22-18-15-8-13-7-14(10-15)11-16(18)9-13/h2-6,13-16,18H,7-11H2,1H3,(H,22,24). The quantitative estimate of drug-likeness (QED) is 0.851. The van der Waals surface area contributed by atoms with Gasteiger partial charge in [0.25, 0.3) is 5.91 Å². The average Bonchev–Trinajstić information content (AvgIpc) is 2.99. The van der Waals surface area contributed by atoms with E-state index < -0.39 is 0 Å². The number of nitrogens with zero attached hydrogens (tertiary/aromatic N) is 1. The zero-order valence-corrected chi connectivity index (χ0v) is 15.8. The molecule has 4 nitrogen and oxygen atoms in total. The summed E-state index contributed by atoms with van der Waals surface area (Å²) in [4.78, 5) is 14.9. The molecular weight excluding hydrogens is 344 g/mol. The molecule has 26 heavy (non-hydrogen) atoms. The third-order valence-electron chi connectivity index (χ3n) is 6.50. The molecule has 0 atom stereocenters. The van der Waals surface area contributed by atoms with Crippen LogP contribution in [-0.2, 0) is 0 Å². The van der Waals surface area contributed by atoms with Gasteiger partial charge in [-0.25, -0.2) is 0 Å². The highest BCUT2D eigenvalue weighted by Crippen LogP contribution is 2.53. The van der Waals surface area contributed by atoms with Crippen LogP contribution in [0.2, 0.25) is 0 Å². The summed E-state index contributed by atoms with van der Waals surface area (Å²) in [6, 6.07) is 10.4. The minimum Gasteiger partial charge on any atom is -0.350 e. The molecule has 0 spiro atoms. The number of hydrogen-bond donors (Lipinski definition) is 1. The van der Waals surface area contributed by atoms with Crippen molar-refractivity contribution >= 4 is 17.7 Å². The highest BCUT2D eigenvalue weighted by atomic mass is 32.2. The number of benzene rings is 1. The fraction of sp³-hybridized carbons (Fsp3) is 0.524. The largest absolute Gasteiger partial charge is 0.350 e. The van der Waals surface area contributed by atoms with Crippen molar-refractivity contribution in [2.75, 3.05) is 0 Å². The second-order valence-corrected chi connectivity index (χ2v) is 9.36. The topological polar surface area (TPSA) is 55.1 Å². The van der Waals surface area contributed by atoms with Crippen LogP contribution in [0, 0.1) is 30.6 Å². The molecule has 2 aromatic rings. The molecule has 136 valence electrons. The van der Waals surface area contributed by atoms with Crippen LogP contribution in [0.1, 0.15) is 48.4 Å². The molecule has 0 saturated heterocycles. The Labute approximate surface area is 158 Å². The van der Waals surface area contributed by atoms with Gasteiger partial charge in [-0.05, 0) is 74.8 Å². The summed E-state index contributed by atoms with van der Waals surface area (Å²) in [5.74, 6) is 3.39. The van der Waals surface area contributed by atoms with Crippen LogP contribution < -0.4 is 5.32 Å². The zero-order valence-electron chi connectivity index (χ0n) is 15.0. The van der Waals surface area contributed by atoms with Crippen LogP contribution in [0.3, 0.4) is 0 Å². The second kappa shape index (κ2) is 6.45. The Balaban J connectivity index is 1.35. The van der Waals surface area contributed by atoms with E-state index in [1.807, 2.05) is 37.3 Å². The number of aryl methyl sites for hydroxylation is 1. The van der Waals surface area contributed by atoms with Gasteiger partial charge in [-0.15, -0.1) is 0 Å². The smallest absolute Gasteiger partial charge is 0.291 e. The minimum atomic E-state index is -0.0958. The highest BCUT2D eigenvalue weighted by Gasteiger charge is 2.48. The summed E-state index contributed by atoms with van der Waals surface area (Å²) < 4.78 is 5.44. The average molecular weight is 369 g/mol. The van der Waals surface area contributed by atoms with Gasteiger partial charge in [-0.2, -0.15) is 0 Å². The van der Waals surface area contributed by atoms with Crippen molar-refractivity contribution in [2.24, 2.45) is 23.7 Å². The van der Waals surface area contributed by atoms with Crippen LogP contribution in [0.15, 0.2) is 44.6 Å². The summed E-state index contributed by atoms with van der Waals surface area (Å²) in [6.45, 7) is 1.90. The van der Waals surface area contributed by atoms with Crippen LogP contribution in [0.5, 0.6) is 0 Å². The first-order chi connectivity index (χ1) is 12.7. The maximum atomic E-state index is 13.0. The highest BCUT2D eigenvalue weighted by molar-refractivity contribution is 7.99. The van der Waals surface area contributed by atoms with Gasteiger partial charge in [0, 0.05) is 10.9 Å². The SMILES string of the molecule is Cc1noc(C(=O)NC2C3CC4CC(C3)CC2C4)c1Sc1ccccc1. The van der Waals surface area contributed by atoms with Gasteiger partial charge in [0.15, 0.2) is 0 Å². The third kappa shape index (κ3) is 2.86. The van der Waals surface area contributed by atoms with Crippen LogP contribution in [0.4, 0.5) is 0 Å². The lowest BCUT2D eigenvalue weighted by Crippen LogP contribution is -2.55. The van der Waals surface area contributed by atoms with Crippen molar-refractivity contribution in [1.82, 2.24) is 10.5 Å². The molecule has 1 heterocycles. The first kappa shape index (κ1) is 16.4. The Hall–Kier alpha value is -1.75. The van der Waals surface area contributed by atoms with Gasteiger partial charge < -0.3 is 9.84 Å². The number of aromatic nitrogens is 1. The Bertz CT molecular complexity index is 789. The molecule has 5 heteroatoms. The first-order valence-corrected chi connectivity index (χ1v) is 10.5. The van der Waals surface area contributed by atoms with Gasteiger partial charge in [0.05, 0.1) is 10.6 Å². The molecule has 1 aromatic heterocycles. The molecule has 4 saturated carbocycles. The van der Waals surface area contributed by atoms with E-state index in [-0.39, 0.29) is 5.91 Å². The van der Waals surface area contributed by atoms with Crippen LogP contribution in [-0.4, -0.2) is 17.1 Å². The lowest BCUT2D eigenvalue weighted by Gasteiger charge is -2.54. The van der Waals surface area contributed by atoms with Gasteiger partial charge in [0.1, 0.15) is 0 Å². The zero-order chi connectivity index (χ0) is 17.7. The maximum absolute atomic E-state index is 13.0. The van der Waals surface area contributed by atoms with E-state index in [1.165, 1.54) is 32.1 Å². The van der Waals surface area contributed by atoms with E-state index in [9.17, 15) is 4.79 Å². The number of amides is 1. The Morgan fingerprint density at radius 3 is 2.38 bits per heavy atom. The molecule has 6 rings (SSSR count). The van der Waals surface area contributed by atoms with Gasteiger partial charge >= 0.3 is 0 Å². The van der Waals surface area contributed by atoms with Crippen molar-refractivity contribution in [1.29, 1.82) is 0 Å². The number of hydrogen-bond acceptors (Lipinski definition) is 4. The van der Waals surface area contributed by atoms with E-state index >= 15 is 0 Å². The van der Waals surface area contributed by atoms with E-state index in [4.69, 9.17) is 4.52 Å². The van der Waals surface area contributed by atoms with Crippen molar-refractivity contribution in [3.63, 3.8) is 0 Å². The summed E-state index contributed by atoms with van der Waals surface area (Å²) in [5.41, 5.74) is 0.772. The fourth-order valence-electron chi connectivity index (χ4n) is 5.61. The third-order valence-corrected chi connectivity index (χ3v) is 7.70. The van der Waals surface area contributed by atoms with Crippen LogP contribution >= 0.6 is 11.8 Å². The van der Waals surface area contributed by atoms with Crippen molar-refractivity contribution in [2.45, 2.75) is 54.9 Å². The maximum Gasteiger partial charge on any atom is 0.291 e. The molecule has 1 N–H and O–H groups in total. The minimum absolute atomic E-state index is 0.0958. The lowest BCUT2D eigenvalue weighted by molar-refractivity contribution is -0.0124. The molecule has 4 aliphatic rings. The normalized spacial score (nSPS) is 32.0. The van der Waals surface area contributed by atoms with Gasteiger partial charge in [-0.1, -0.05) is 35.1 Å². The molecule has 0 unspecified atom stereocenters. The Morgan fingerprint density at radius 1 is 1.08 bits per heavy atom. The predicted molar refractivity (Wildman–Crippen MR) is 100 cm³/mol. The fourth-order valence-corrected chi connectivity index (χ4v) is 6.55. The summed E-state index contributed by atoms with van der Waals surface area (Å²) in [7, 11) is 0. The first-order valence-electron chi connectivity index (χ1n) is 9.67. The van der Waals surface area contributed by atoms with E-state index in [2.05, 4.69) is 10.5 Å². The summed E-state index contributed by atoms with van der Waals surface area (Å²) >= 11 is 1.55. The molecule has 1 amide bonds. The molecule has 4 bridgehead atoms. The molecule has 1 aromatic carbocycles. The number of rotatable bonds is 4. The second-order valence-electron chi connectivity index (χ2n) is 8.27. The van der Waals surface area contributed by atoms with Gasteiger partial charge in [-0.3, -0.25) is 4.79 Å². The molecular formula is C21H24N2O2S. The number of carbonyl (C=O) groups excluding carboxylic acids is 1. The Kier molecular flexibility index (Phi) is 4.07. The molecule has 0 aliphatic heterocycles. The monoisotopic (exact) mass is 368 g/mol. The Morgan fingerprint density at radius 2 is 1.73 bits per heavy atom. The van der Waals surface area contributed by atoms with Crippen molar-refractivity contribution in [3.8, 4) is 0 Å². The molecule has 4 aliphatic carbocycles. The van der Waals surface area contributed by atoms with Crippen molar-refractivity contribution in [3.05, 3.63) is 41.8 Å². The number of carbonyl (C=O) groups is 1. The van der Waals surface area contributed by atoms with E-state index in [0.717, 1.165) is 27.3 Å². The van der Waals surface area contributed by atoms with E-state index in [1.54, 1.807) is 11.8 Å².